The minimum absolute atomic E-state index is 0.887. The van der Waals surface area contributed by atoms with Gasteiger partial charge in [0.05, 0.1) is 0 Å². The van der Waals surface area contributed by atoms with Crippen molar-refractivity contribution >= 4 is 0 Å². The molecule has 76 valence electrons. The summed E-state index contributed by atoms with van der Waals surface area (Å²) in [5, 5.41) is 3.67. The van der Waals surface area contributed by atoms with Crippen LogP contribution >= 0.6 is 0 Å². The molecule has 1 heteroatoms. The molecule has 0 amide bonds. The first kappa shape index (κ1) is 9.51. The highest BCUT2D eigenvalue weighted by atomic mass is 14.9. The molecule has 0 bridgehead atoms. The van der Waals surface area contributed by atoms with E-state index >= 15 is 0 Å². The van der Waals surface area contributed by atoms with Crippen LogP contribution in [0.15, 0.2) is 0 Å². The predicted octanol–water partition coefficient (Wildman–Crippen LogP) is 3.10. The standard InChI is InChI=1S/C12H23N/c1-2-4-7-11(8-5-3-1)12-9-6-10-13-12/h11-13H,1-10H2. The van der Waals surface area contributed by atoms with Gasteiger partial charge in [-0.25, -0.2) is 0 Å². The highest BCUT2D eigenvalue weighted by Gasteiger charge is 2.24. The fourth-order valence-electron chi connectivity index (χ4n) is 3.00. The molecule has 1 saturated carbocycles. The lowest BCUT2D eigenvalue weighted by molar-refractivity contribution is 0.305. The quantitative estimate of drug-likeness (QED) is 0.655. The highest BCUT2D eigenvalue weighted by Crippen LogP contribution is 2.28. The van der Waals surface area contributed by atoms with Crippen LogP contribution in [0.4, 0.5) is 0 Å². The second-order valence-electron chi connectivity index (χ2n) is 4.81. The molecule has 1 unspecified atom stereocenters. The fraction of sp³-hybridized carbons (Fsp3) is 1.00. The molecular weight excluding hydrogens is 158 g/mol. The zero-order valence-electron chi connectivity index (χ0n) is 8.73. The Labute approximate surface area is 82.3 Å². The predicted molar refractivity (Wildman–Crippen MR) is 56.8 cm³/mol. The lowest BCUT2D eigenvalue weighted by Gasteiger charge is -2.25. The van der Waals surface area contributed by atoms with Gasteiger partial charge in [-0.3, -0.25) is 0 Å². The zero-order chi connectivity index (χ0) is 8.93. The van der Waals surface area contributed by atoms with Gasteiger partial charge in [0.15, 0.2) is 0 Å². The van der Waals surface area contributed by atoms with Crippen molar-refractivity contribution < 1.29 is 0 Å². The van der Waals surface area contributed by atoms with E-state index in [0.29, 0.717) is 0 Å². The largest absolute Gasteiger partial charge is 0.314 e. The first-order valence-electron chi connectivity index (χ1n) is 6.20. The summed E-state index contributed by atoms with van der Waals surface area (Å²) in [5.41, 5.74) is 0. The van der Waals surface area contributed by atoms with Crippen LogP contribution in [-0.2, 0) is 0 Å². The molecule has 0 aromatic rings. The number of rotatable bonds is 1. The lowest BCUT2D eigenvalue weighted by Crippen LogP contribution is -2.30. The summed E-state index contributed by atoms with van der Waals surface area (Å²) in [5.74, 6) is 1.02. The third-order valence-corrected chi connectivity index (χ3v) is 3.82. The van der Waals surface area contributed by atoms with E-state index in [1.807, 2.05) is 0 Å². The van der Waals surface area contributed by atoms with Gasteiger partial charge in [0, 0.05) is 6.04 Å². The highest BCUT2D eigenvalue weighted by molar-refractivity contribution is 4.82. The summed E-state index contributed by atoms with van der Waals surface area (Å²) in [6, 6.07) is 0.887. The maximum atomic E-state index is 3.67. The number of hydrogen-bond acceptors (Lipinski definition) is 1. The van der Waals surface area contributed by atoms with Crippen LogP contribution in [0.2, 0.25) is 0 Å². The summed E-state index contributed by atoms with van der Waals surface area (Å²) in [6.07, 6.45) is 13.3. The Hall–Kier alpha value is -0.0400. The topological polar surface area (TPSA) is 12.0 Å². The van der Waals surface area contributed by atoms with E-state index in [4.69, 9.17) is 0 Å². The van der Waals surface area contributed by atoms with Gasteiger partial charge in [-0.05, 0) is 38.1 Å². The molecule has 0 spiro atoms. The zero-order valence-corrected chi connectivity index (χ0v) is 8.73. The molecule has 13 heavy (non-hydrogen) atoms. The van der Waals surface area contributed by atoms with Crippen molar-refractivity contribution in [3.05, 3.63) is 0 Å². The second-order valence-corrected chi connectivity index (χ2v) is 4.81. The van der Waals surface area contributed by atoms with Crippen LogP contribution in [0.25, 0.3) is 0 Å². The molecule has 1 heterocycles. The molecule has 1 aliphatic carbocycles. The number of hydrogen-bond donors (Lipinski definition) is 1. The van der Waals surface area contributed by atoms with E-state index in [0.717, 1.165) is 12.0 Å². The van der Waals surface area contributed by atoms with Crippen molar-refractivity contribution in [2.24, 2.45) is 5.92 Å². The summed E-state index contributed by atoms with van der Waals surface area (Å²) < 4.78 is 0. The molecular formula is C12H23N. The van der Waals surface area contributed by atoms with Crippen LogP contribution in [0, 0.1) is 5.92 Å². The molecule has 1 nitrogen and oxygen atoms in total. The Kier molecular flexibility index (Phi) is 3.65. The molecule has 1 atom stereocenters. The Balaban J connectivity index is 1.80. The molecule has 2 aliphatic rings. The third kappa shape index (κ3) is 2.70. The van der Waals surface area contributed by atoms with E-state index in [-0.39, 0.29) is 0 Å². The van der Waals surface area contributed by atoms with Gasteiger partial charge in [0.25, 0.3) is 0 Å². The minimum atomic E-state index is 0.887. The maximum Gasteiger partial charge on any atom is 0.00957 e. The molecule has 0 aromatic heterocycles. The van der Waals surface area contributed by atoms with Gasteiger partial charge < -0.3 is 5.32 Å². The lowest BCUT2D eigenvalue weighted by atomic mass is 9.85. The summed E-state index contributed by atoms with van der Waals surface area (Å²) in [6.45, 7) is 1.28. The summed E-state index contributed by atoms with van der Waals surface area (Å²) >= 11 is 0. The first-order chi connectivity index (χ1) is 6.47. The van der Waals surface area contributed by atoms with Gasteiger partial charge in [0.1, 0.15) is 0 Å². The van der Waals surface area contributed by atoms with E-state index in [1.54, 1.807) is 0 Å². The Morgan fingerprint density at radius 1 is 0.692 bits per heavy atom. The van der Waals surface area contributed by atoms with Crippen molar-refractivity contribution in [3.63, 3.8) is 0 Å². The smallest absolute Gasteiger partial charge is 0.00957 e. The van der Waals surface area contributed by atoms with E-state index in [9.17, 15) is 0 Å². The van der Waals surface area contributed by atoms with Crippen molar-refractivity contribution in [2.45, 2.75) is 63.8 Å². The van der Waals surface area contributed by atoms with Crippen LogP contribution in [0.5, 0.6) is 0 Å². The molecule has 0 radical (unpaired) electrons. The van der Waals surface area contributed by atoms with Crippen molar-refractivity contribution in [1.29, 1.82) is 0 Å². The van der Waals surface area contributed by atoms with Gasteiger partial charge in [-0.1, -0.05) is 32.1 Å². The van der Waals surface area contributed by atoms with E-state index in [2.05, 4.69) is 5.32 Å². The molecule has 2 rings (SSSR count). The van der Waals surface area contributed by atoms with Crippen molar-refractivity contribution in [3.8, 4) is 0 Å². The maximum absolute atomic E-state index is 3.67. The summed E-state index contributed by atoms with van der Waals surface area (Å²) in [7, 11) is 0. The first-order valence-corrected chi connectivity index (χ1v) is 6.20. The van der Waals surface area contributed by atoms with E-state index in [1.165, 1.54) is 64.3 Å². The third-order valence-electron chi connectivity index (χ3n) is 3.82. The van der Waals surface area contributed by atoms with Crippen LogP contribution in [0.3, 0.4) is 0 Å². The van der Waals surface area contributed by atoms with Crippen molar-refractivity contribution in [2.75, 3.05) is 6.54 Å². The Morgan fingerprint density at radius 3 is 2.00 bits per heavy atom. The van der Waals surface area contributed by atoms with Crippen molar-refractivity contribution in [1.82, 2.24) is 5.32 Å². The molecule has 2 fully saturated rings. The van der Waals surface area contributed by atoms with Gasteiger partial charge in [-0.15, -0.1) is 0 Å². The SMILES string of the molecule is C1CCCC(C2CCCN2)CCC1. The van der Waals surface area contributed by atoms with Gasteiger partial charge in [0.2, 0.25) is 0 Å². The molecule has 0 aromatic carbocycles. The van der Waals surface area contributed by atoms with E-state index < -0.39 is 0 Å². The van der Waals surface area contributed by atoms with Crippen LogP contribution in [-0.4, -0.2) is 12.6 Å². The molecule has 1 saturated heterocycles. The monoisotopic (exact) mass is 181 g/mol. The minimum Gasteiger partial charge on any atom is -0.314 e. The fourth-order valence-corrected chi connectivity index (χ4v) is 3.00. The Morgan fingerprint density at radius 2 is 1.38 bits per heavy atom. The van der Waals surface area contributed by atoms with Crippen LogP contribution < -0.4 is 5.32 Å². The molecule has 1 N–H and O–H groups in total. The molecule has 1 aliphatic heterocycles. The second kappa shape index (κ2) is 4.99. The average molecular weight is 181 g/mol. The van der Waals surface area contributed by atoms with Gasteiger partial charge >= 0.3 is 0 Å². The normalized spacial score (nSPS) is 32.8. The summed E-state index contributed by atoms with van der Waals surface area (Å²) in [4.78, 5) is 0. The Bertz CT molecular complexity index is 130. The van der Waals surface area contributed by atoms with Crippen LogP contribution in [0.1, 0.15) is 57.8 Å². The average Bonchev–Trinajstić information content (AvgIpc) is 2.55. The van der Waals surface area contributed by atoms with Gasteiger partial charge in [-0.2, -0.15) is 0 Å². The number of nitrogens with one attached hydrogen (secondary N) is 1.